The first kappa shape index (κ1) is 17.2. The Bertz CT molecular complexity index is 417. The number of benzene rings is 1. The van der Waals surface area contributed by atoms with Crippen LogP contribution in [-0.2, 0) is 11.2 Å². The van der Waals surface area contributed by atoms with Crippen molar-refractivity contribution in [3.05, 3.63) is 34.6 Å². The third-order valence-electron chi connectivity index (χ3n) is 3.46. The molecule has 0 saturated heterocycles. The van der Waals surface area contributed by atoms with Gasteiger partial charge in [-0.05, 0) is 24.1 Å². The summed E-state index contributed by atoms with van der Waals surface area (Å²) in [7, 11) is 0. The molecule has 0 fully saturated rings. The lowest BCUT2D eigenvalue weighted by Crippen LogP contribution is -2.03. The molecule has 1 aromatic rings. The number of Topliss-reactive ketones (excluding diaryl/α,β-unsaturated/α-hetero) is 1. The van der Waals surface area contributed by atoms with Crippen LogP contribution in [0.2, 0.25) is 5.02 Å². The molecule has 0 aliphatic rings. The molecule has 0 heterocycles. The predicted octanol–water partition coefficient (Wildman–Crippen LogP) is 5.73. The number of rotatable bonds is 10. The van der Waals surface area contributed by atoms with Gasteiger partial charge in [-0.2, -0.15) is 0 Å². The highest BCUT2D eigenvalue weighted by Gasteiger charge is 2.08. The smallest absolute Gasteiger partial charge is 0.137 e. The van der Waals surface area contributed by atoms with Crippen molar-refractivity contribution in [1.82, 2.24) is 0 Å². The predicted molar refractivity (Wildman–Crippen MR) is 82.7 cm³/mol. The number of unbranched alkanes of at least 4 members (excludes halogenated alkanes) is 6. The van der Waals surface area contributed by atoms with E-state index in [1.54, 1.807) is 6.07 Å². The van der Waals surface area contributed by atoms with Gasteiger partial charge in [-0.1, -0.05) is 63.1 Å². The molecule has 0 amide bonds. The van der Waals surface area contributed by atoms with E-state index in [2.05, 4.69) is 6.92 Å². The highest BCUT2D eigenvalue weighted by Crippen LogP contribution is 2.19. The van der Waals surface area contributed by atoms with Crippen LogP contribution in [-0.4, -0.2) is 5.78 Å². The molecule has 1 aromatic carbocycles. The van der Waals surface area contributed by atoms with Crippen LogP contribution in [0.3, 0.4) is 0 Å². The van der Waals surface area contributed by atoms with Crippen LogP contribution < -0.4 is 0 Å². The summed E-state index contributed by atoms with van der Waals surface area (Å²) in [6, 6.07) is 4.21. The van der Waals surface area contributed by atoms with Gasteiger partial charge in [0.15, 0.2) is 0 Å². The Labute approximate surface area is 126 Å². The molecule has 0 atom stereocenters. The first-order valence-corrected chi connectivity index (χ1v) is 7.97. The van der Waals surface area contributed by atoms with Crippen molar-refractivity contribution in [1.29, 1.82) is 0 Å². The number of carbonyl (C=O) groups excluding carboxylic acids is 1. The molecule has 0 aliphatic heterocycles. The Morgan fingerprint density at radius 1 is 1.10 bits per heavy atom. The molecule has 0 unspecified atom stereocenters. The quantitative estimate of drug-likeness (QED) is 0.504. The Morgan fingerprint density at radius 3 is 2.40 bits per heavy atom. The lowest BCUT2D eigenvalue weighted by Gasteiger charge is -2.04. The zero-order chi connectivity index (χ0) is 14.8. The maximum Gasteiger partial charge on any atom is 0.137 e. The summed E-state index contributed by atoms with van der Waals surface area (Å²) >= 11 is 5.91. The van der Waals surface area contributed by atoms with Crippen LogP contribution in [0.5, 0.6) is 0 Å². The van der Waals surface area contributed by atoms with E-state index in [9.17, 15) is 9.18 Å². The van der Waals surface area contributed by atoms with E-state index >= 15 is 0 Å². The molecular weight excluding hydrogens is 275 g/mol. The molecule has 0 aliphatic carbocycles. The van der Waals surface area contributed by atoms with Crippen LogP contribution in [0.4, 0.5) is 4.39 Å². The van der Waals surface area contributed by atoms with Crippen LogP contribution >= 0.6 is 11.6 Å². The minimum Gasteiger partial charge on any atom is -0.299 e. The molecule has 20 heavy (non-hydrogen) atoms. The molecule has 0 radical (unpaired) electrons. The van der Waals surface area contributed by atoms with Crippen LogP contribution in [0, 0.1) is 5.82 Å². The van der Waals surface area contributed by atoms with Gasteiger partial charge in [0.2, 0.25) is 0 Å². The van der Waals surface area contributed by atoms with E-state index in [-0.39, 0.29) is 11.6 Å². The zero-order valence-electron chi connectivity index (χ0n) is 12.3. The maximum absolute atomic E-state index is 12.9. The molecule has 0 saturated carbocycles. The molecule has 0 N–H and O–H groups in total. The second-order valence-corrected chi connectivity index (χ2v) is 5.73. The fourth-order valence-corrected chi connectivity index (χ4v) is 2.48. The van der Waals surface area contributed by atoms with E-state index in [1.807, 2.05) is 0 Å². The van der Waals surface area contributed by atoms with Crippen LogP contribution in [0.25, 0.3) is 0 Å². The van der Waals surface area contributed by atoms with Crippen LogP contribution in [0.1, 0.15) is 63.9 Å². The molecule has 112 valence electrons. The topological polar surface area (TPSA) is 17.1 Å². The summed E-state index contributed by atoms with van der Waals surface area (Å²) < 4.78 is 12.9. The van der Waals surface area contributed by atoms with E-state index in [1.165, 1.54) is 44.2 Å². The maximum atomic E-state index is 12.9. The van der Waals surface area contributed by atoms with Gasteiger partial charge in [-0.3, -0.25) is 4.79 Å². The number of hydrogen-bond acceptors (Lipinski definition) is 1. The number of carbonyl (C=O) groups is 1. The van der Waals surface area contributed by atoms with Crippen molar-refractivity contribution in [2.24, 2.45) is 0 Å². The normalized spacial score (nSPS) is 10.8. The van der Waals surface area contributed by atoms with Gasteiger partial charge in [-0.25, -0.2) is 4.39 Å². The fraction of sp³-hybridized carbons (Fsp3) is 0.588. The largest absolute Gasteiger partial charge is 0.299 e. The highest BCUT2D eigenvalue weighted by atomic mass is 35.5. The Morgan fingerprint density at radius 2 is 1.75 bits per heavy atom. The van der Waals surface area contributed by atoms with Crippen molar-refractivity contribution in [2.45, 2.75) is 64.7 Å². The van der Waals surface area contributed by atoms with Crippen molar-refractivity contribution < 1.29 is 9.18 Å². The minimum atomic E-state index is -0.363. The summed E-state index contributed by atoms with van der Waals surface area (Å²) in [4.78, 5) is 11.8. The van der Waals surface area contributed by atoms with Crippen molar-refractivity contribution in [2.75, 3.05) is 0 Å². The number of ketones is 1. The van der Waals surface area contributed by atoms with Gasteiger partial charge in [0.25, 0.3) is 0 Å². The van der Waals surface area contributed by atoms with E-state index in [0.717, 1.165) is 18.4 Å². The summed E-state index contributed by atoms with van der Waals surface area (Å²) in [6.07, 6.45) is 9.33. The molecule has 0 bridgehead atoms. The van der Waals surface area contributed by atoms with Gasteiger partial charge in [0.05, 0.1) is 0 Å². The van der Waals surface area contributed by atoms with Gasteiger partial charge in [0, 0.05) is 17.9 Å². The lowest BCUT2D eigenvalue weighted by atomic mass is 10.0. The van der Waals surface area contributed by atoms with Gasteiger partial charge < -0.3 is 0 Å². The Hall–Kier alpha value is -0.890. The SMILES string of the molecule is CCCCCCCCCC(=O)Cc1ccc(F)cc1Cl. The first-order chi connectivity index (χ1) is 9.63. The average molecular weight is 299 g/mol. The van der Waals surface area contributed by atoms with E-state index < -0.39 is 0 Å². The monoisotopic (exact) mass is 298 g/mol. The molecule has 3 heteroatoms. The van der Waals surface area contributed by atoms with Crippen LogP contribution in [0.15, 0.2) is 18.2 Å². The third-order valence-corrected chi connectivity index (χ3v) is 3.81. The summed E-state index contributed by atoms with van der Waals surface area (Å²) in [6.45, 7) is 2.21. The summed E-state index contributed by atoms with van der Waals surface area (Å²) in [5.74, 6) is -0.176. The molecule has 1 nitrogen and oxygen atoms in total. The summed E-state index contributed by atoms with van der Waals surface area (Å²) in [5, 5.41) is 0.345. The van der Waals surface area contributed by atoms with E-state index in [4.69, 9.17) is 11.6 Å². The highest BCUT2D eigenvalue weighted by molar-refractivity contribution is 6.31. The second kappa shape index (κ2) is 9.93. The zero-order valence-corrected chi connectivity index (χ0v) is 13.0. The van der Waals surface area contributed by atoms with Crippen molar-refractivity contribution >= 4 is 17.4 Å². The summed E-state index contributed by atoms with van der Waals surface area (Å²) in [5.41, 5.74) is 0.723. The first-order valence-electron chi connectivity index (χ1n) is 7.59. The molecule has 1 rings (SSSR count). The molecular formula is C17H24ClFO. The Kier molecular flexibility index (Phi) is 8.52. The van der Waals surface area contributed by atoms with Crippen molar-refractivity contribution in [3.63, 3.8) is 0 Å². The van der Waals surface area contributed by atoms with Gasteiger partial charge in [0.1, 0.15) is 11.6 Å². The number of halogens is 2. The fourth-order valence-electron chi connectivity index (χ4n) is 2.25. The van der Waals surface area contributed by atoms with Gasteiger partial charge >= 0.3 is 0 Å². The molecule has 0 spiro atoms. The number of hydrogen-bond donors (Lipinski definition) is 0. The minimum absolute atomic E-state index is 0.187. The standard InChI is InChI=1S/C17H24ClFO/c1-2-3-4-5-6-7-8-9-16(20)12-14-10-11-15(19)13-17(14)18/h10-11,13H,2-9,12H2,1H3. The van der Waals surface area contributed by atoms with Crippen molar-refractivity contribution in [3.8, 4) is 0 Å². The molecule has 0 aromatic heterocycles. The lowest BCUT2D eigenvalue weighted by molar-refractivity contribution is -0.118. The average Bonchev–Trinajstić information content (AvgIpc) is 2.41. The van der Waals surface area contributed by atoms with E-state index in [0.29, 0.717) is 17.9 Å². The Balaban J connectivity index is 2.17. The third kappa shape index (κ3) is 7.04. The second-order valence-electron chi connectivity index (χ2n) is 5.32. The van der Waals surface area contributed by atoms with Gasteiger partial charge in [-0.15, -0.1) is 0 Å².